The van der Waals surface area contributed by atoms with Gasteiger partial charge in [-0.25, -0.2) is 0 Å². The van der Waals surface area contributed by atoms with Crippen LogP contribution in [0.15, 0.2) is 60.8 Å². The van der Waals surface area contributed by atoms with E-state index in [1.807, 2.05) is 18.2 Å². The van der Waals surface area contributed by atoms with Crippen molar-refractivity contribution in [2.45, 2.75) is 12.8 Å². The van der Waals surface area contributed by atoms with Gasteiger partial charge >= 0.3 is 6.18 Å². The molecule has 0 aliphatic rings. The highest BCUT2D eigenvalue weighted by molar-refractivity contribution is 5.78. The number of hydrogen-bond acceptors (Lipinski definition) is 7. The molecule has 0 amide bonds. The fraction of sp³-hybridized carbons (Fsp3) is 0.414. The molecule has 1 aromatic heterocycles. The van der Waals surface area contributed by atoms with Crippen molar-refractivity contribution in [3.05, 3.63) is 72.1 Å². The molecule has 0 fully saturated rings. The van der Waals surface area contributed by atoms with Crippen molar-refractivity contribution >= 4 is 0 Å². The second-order valence-electron chi connectivity index (χ2n) is 8.41. The van der Waals surface area contributed by atoms with Crippen LogP contribution in [0.2, 0.25) is 0 Å². The van der Waals surface area contributed by atoms with Crippen LogP contribution in [0.4, 0.5) is 13.2 Å². The molecule has 0 saturated heterocycles. The van der Waals surface area contributed by atoms with E-state index >= 15 is 0 Å². The predicted molar refractivity (Wildman–Crippen MR) is 141 cm³/mol. The van der Waals surface area contributed by atoms with Gasteiger partial charge in [0.05, 0.1) is 77.8 Å². The Kier molecular flexibility index (Phi) is 12.7. The van der Waals surface area contributed by atoms with Gasteiger partial charge in [0.25, 0.3) is 0 Å². The van der Waals surface area contributed by atoms with Crippen LogP contribution in [-0.4, -0.2) is 72.1 Å². The zero-order valence-corrected chi connectivity index (χ0v) is 22.2. The van der Waals surface area contributed by atoms with Crippen LogP contribution in [0.1, 0.15) is 11.3 Å². The van der Waals surface area contributed by atoms with E-state index in [0.29, 0.717) is 75.4 Å². The van der Waals surface area contributed by atoms with Gasteiger partial charge < -0.3 is 28.4 Å². The average molecular weight is 550 g/mol. The van der Waals surface area contributed by atoms with E-state index in [-0.39, 0.29) is 6.61 Å². The van der Waals surface area contributed by atoms with Crippen LogP contribution in [0.5, 0.6) is 5.75 Å². The van der Waals surface area contributed by atoms with Gasteiger partial charge in [0.1, 0.15) is 5.75 Å². The summed E-state index contributed by atoms with van der Waals surface area (Å²) in [6.45, 7) is 4.14. The Morgan fingerprint density at radius 1 is 0.667 bits per heavy atom. The van der Waals surface area contributed by atoms with Crippen molar-refractivity contribution in [3.8, 4) is 28.0 Å². The van der Waals surface area contributed by atoms with Gasteiger partial charge in [0.2, 0.25) is 0 Å². The summed E-state index contributed by atoms with van der Waals surface area (Å²) < 4.78 is 72.0. The van der Waals surface area contributed by atoms with Crippen molar-refractivity contribution in [2.24, 2.45) is 0 Å². The van der Waals surface area contributed by atoms with Crippen molar-refractivity contribution in [2.75, 3.05) is 67.1 Å². The number of hydrogen-bond donors (Lipinski definition) is 0. The first-order valence-electron chi connectivity index (χ1n) is 12.5. The molecule has 0 N–H and O–H groups in total. The first kappa shape index (κ1) is 30.5. The number of rotatable bonds is 17. The molecule has 0 radical (unpaired) electrons. The molecule has 0 aliphatic heterocycles. The summed E-state index contributed by atoms with van der Waals surface area (Å²) in [5.74, 6) is 0.598. The molecule has 3 rings (SSSR count). The number of halogens is 3. The third-order valence-corrected chi connectivity index (χ3v) is 5.65. The van der Waals surface area contributed by atoms with Crippen molar-refractivity contribution in [1.29, 1.82) is 0 Å². The van der Waals surface area contributed by atoms with Gasteiger partial charge in [-0.2, -0.15) is 13.2 Å². The Morgan fingerprint density at radius 2 is 1.31 bits per heavy atom. The molecule has 39 heavy (non-hydrogen) atoms. The summed E-state index contributed by atoms with van der Waals surface area (Å²) in [6.07, 6.45) is -2.75. The zero-order chi connectivity index (χ0) is 27.9. The van der Waals surface area contributed by atoms with E-state index in [4.69, 9.17) is 28.4 Å². The van der Waals surface area contributed by atoms with Crippen LogP contribution in [-0.2, 0) is 36.5 Å². The van der Waals surface area contributed by atoms with E-state index < -0.39 is 11.7 Å². The Balaban J connectivity index is 1.50. The summed E-state index contributed by atoms with van der Waals surface area (Å²) in [7, 11) is 3.18. The SMILES string of the molecule is COCCOCCOCCOCCOCc1cc(-c2cc(-c3cccc(C(F)(F)F)c3)ccc2OC)ccn1. The average Bonchev–Trinajstić information content (AvgIpc) is 2.95. The second kappa shape index (κ2) is 16.2. The fourth-order valence-electron chi connectivity index (χ4n) is 3.69. The van der Waals surface area contributed by atoms with Gasteiger partial charge in [0.15, 0.2) is 0 Å². The lowest BCUT2D eigenvalue weighted by Crippen LogP contribution is -2.13. The number of benzene rings is 2. The van der Waals surface area contributed by atoms with Gasteiger partial charge in [-0.15, -0.1) is 0 Å². The highest BCUT2D eigenvalue weighted by Crippen LogP contribution is 2.36. The predicted octanol–water partition coefficient (Wildman–Crippen LogP) is 5.66. The lowest BCUT2D eigenvalue weighted by Gasteiger charge is -2.13. The third-order valence-electron chi connectivity index (χ3n) is 5.65. The quantitative estimate of drug-likeness (QED) is 0.202. The minimum atomic E-state index is -4.41. The highest BCUT2D eigenvalue weighted by atomic mass is 19.4. The lowest BCUT2D eigenvalue weighted by molar-refractivity contribution is -0.137. The van der Waals surface area contributed by atoms with Crippen molar-refractivity contribution in [1.82, 2.24) is 4.98 Å². The summed E-state index contributed by atoms with van der Waals surface area (Å²) in [4.78, 5) is 4.36. The molecular formula is C29H34F3NO6. The molecule has 10 heteroatoms. The van der Waals surface area contributed by atoms with Gasteiger partial charge in [-0.1, -0.05) is 18.2 Å². The van der Waals surface area contributed by atoms with E-state index in [9.17, 15) is 13.2 Å². The largest absolute Gasteiger partial charge is 0.496 e. The summed E-state index contributed by atoms with van der Waals surface area (Å²) in [5.41, 5.74) is 2.67. The maximum atomic E-state index is 13.2. The van der Waals surface area contributed by atoms with E-state index in [2.05, 4.69) is 4.98 Å². The minimum absolute atomic E-state index is 0.280. The number of nitrogens with zero attached hydrogens (tertiary/aromatic N) is 1. The van der Waals surface area contributed by atoms with Crippen LogP contribution in [0.3, 0.4) is 0 Å². The standard InChI is InChI=1S/C29H34F3NO6/c1-34-10-11-36-12-13-37-14-15-38-16-17-39-21-26-19-24(8-9-33-26)27-20-23(6-7-28(27)35-2)22-4-3-5-25(18-22)29(30,31)32/h3-9,18-20H,10-17,21H2,1-2H3. The number of alkyl halides is 3. The molecule has 212 valence electrons. The summed E-state index contributed by atoms with van der Waals surface area (Å²) >= 11 is 0. The number of aromatic nitrogens is 1. The molecule has 0 atom stereocenters. The molecule has 7 nitrogen and oxygen atoms in total. The monoisotopic (exact) mass is 549 g/mol. The lowest BCUT2D eigenvalue weighted by atomic mass is 9.97. The Hall–Kier alpha value is -3.02. The highest BCUT2D eigenvalue weighted by Gasteiger charge is 2.30. The molecular weight excluding hydrogens is 515 g/mol. The second-order valence-corrected chi connectivity index (χ2v) is 8.41. The molecule has 0 unspecified atom stereocenters. The first-order valence-corrected chi connectivity index (χ1v) is 12.5. The minimum Gasteiger partial charge on any atom is -0.496 e. The van der Waals surface area contributed by atoms with Gasteiger partial charge in [-0.05, 0) is 53.1 Å². The normalized spacial score (nSPS) is 11.6. The maximum absolute atomic E-state index is 13.2. The van der Waals surface area contributed by atoms with Crippen LogP contribution < -0.4 is 4.74 Å². The first-order chi connectivity index (χ1) is 18.9. The molecule has 0 spiro atoms. The molecule has 0 bridgehead atoms. The van der Waals surface area contributed by atoms with Crippen LogP contribution in [0, 0.1) is 0 Å². The van der Waals surface area contributed by atoms with E-state index in [0.717, 1.165) is 23.3 Å². The number of pyridine rings is 1. The molecule has 2 aromatic carbocycles. The molecule has 0 aliphatic carbocycles. The number of methoxy groups -OCH3 is 2. The smallest absolute Gasteiger partial charge is 0.416 e. The van der Waals surface area contributed by atoms with Crippen molar-refractivity contribution in [3.63, 3.8) is 0 Å². The Labute approximate surface area is 226 Å². The van der Waals surface area contributed by atoms with Gasteiger partial charge in [-0.3, -0.25) is 4.98 Å². The Morgan fingerprint density at radius 3 is 1.95 bits per heavy atom. The van der Waals surface area contributed by atoms with Crippen molar-refractivity contribution < 1.29 is 41.6 Å². The molecule has 0 saturated carbocycles. The summed E-state index contributed by atoms with van der Waals surface area (Å²) in [5, 5.41) is 0. The Bertz CT molecular complexity index is 1140. The topological polar surface area (TPSA) is 68.3 Å². The molecule has 3 aromatic rings. The fourth-order valence-corrected chi connectivity index (χ4v) is 3.69. The van der Waals surface area contributed by atoms with E-state index in [1.165, 1.54) is 6.07 Å². The summed E-state index contributed by atoms with van der Waals surface area (Å²) in [6, 6.07) is 14.3. The molecule has 1 heterocycles. The van der Waals surface area contributed by atoms with E-state index in [1.54, 1.807) is 38.6 Å². The van der Waals surface area contributed by atoms with Crippen LogP contribution >= 0.6 is 0 Å². The van der Waals surface area contributed by atoms with Gasteiger partial charge in [0, 0.05) is 18.9 Å². The van der Waals surface area contributed by atoms with Crippen LogP contribution in [0.25, 0.3) is 22.3 Å². The third kappa shape index (κ3) is 10.2. The maximum Gasteiger partial charge on any atom is 0.416 e. The number of ether oxygens (including phenoxy) is 6. The zero-order valence-electron chi connectivity index (χ0n) is 22.2.